The lowest BCUT2D eigenvalue weighted by molar-refractivity contribution is 0.0942. The lowest BCUT2D eigenvalue weighted by atomic mass is 10.1. The quantitative estimate of drug-likeness (QED) is 0.841. The first kappa shape index (κ1) is 12.9. The molecule has 1 N–H and O–H groups in total. The fraction of sp³-hybridized carbons (Fsp3) is 0.417. The molecule has 1 heterocycles. The molecule has 1 atom stereocenters. The highest BCUT2D eigenvalue weighted by molar-refractivity contribution is 9.10. The predicted molar refractivity (Wildman–Crippen MR) is 72.7 cm³/mol. The molecule has 92 valence electrons. The molecule has 0 aromatic heterocycles. The van der Waals surface area contributed by atoms with Gasteiger partial charge < -0.3 is 10.1 Å². The summed E-state index contributed by atoms with van der Waals surface area (Å²) >= 11 is 7.64. The van der Waals surface area contributed by atoms with Gasteiger partial charge >= 0.3 is 0 Å². The Morgan fingerprint density at radius 2 is 2.41 bits per heavy atom. The van der Waals surface area contributed by atoms with Crippen molar-refractivity contribution < 1.29 is 9.53 Å². The molecular weight excluding hydrogens is 302 g/mol. The molecule has 0 aliphatic carbocycles. The molecule has 2 rings (SSSR count). The first-order valence-electron chi connectivity index (χ1n) is 5.51. The summed E-state index contributed by atoms with van der Waals surface area (Å²) in [6.45, 7) is 2.22. The van der Waals surface area contributed by atoms with Gasteiger partial charge in [0.15, 0.2) is 0 Å². The Hall–Kier alpha value is -0.520. The fourth-order valence-electron chi connectivity index (χ4n) is 1.77. The topological polar surface area (TPSA) is 38.3 Å². The van der Waals surface area contributed by atoms with Crippen LogP contribution in [0.25, 0.3) is 0 Å². The number of amides is 1. The average Bonchev–Trinajstić information content (AvgIpc) is 2.78. The van der Waals surface area contributed by atoms with Crippen LogP contribution in [-0.4, -0.2) is 25.7 Å². The second kappa shape index (κ2) is 5.89. The van der Waals surface area contributed by atoms with Gasteiger partial charge in [-0.05, 0) is 24.6 Å². The highest BCUT2D eigenvalue weighted by Crippen LogP contribution is 2.20. The average molecular weight is 316 g/mol. The van der Waals surface area contributed by atoms with Crippen LogP contribution < -0.4 is 5.32 Å². The van der Waals surface area contributed by atoms with E-state index in [-0.39, 0.29) is 5.91 Å². The minimum absolute atomic E-state index is 0.0746. The first-order chi connectivity index (χ1) is 8.16. The lowest BCUT2D eigenvalue weighted by Crippen LogP contribution is -2.29. The highest BCUT2D eigenvalue weighted by atomic mass is 79.9. The number of halogens is 1. The molecule has 0 radical (unpaired) electrons. The summed E-state index contributed by atoms with van der Waals surface area (Å²) in [6, 6.07) is 5.43. The van der Waals surface area contributed by atoms with E-state index in [2.05, 4.69) is 33.9 Å². The van der Waals surface area contributed by atoms with Gasteiger partial charge in [0.2, 0.25) is 0 Å². The van der Waals surface area contributed by atoms with E-state index in [1.54, 1.807) is 6.07 Å². The second-order valence-electron chi connectivity index (χ2n) is 4.10. The van der Waals surface area contributed by atoms with Crippen molar-refractivity contribution in [3.63, 3.8) is 0 Å². The van der Waals surface area contributed by atoms with E-state index in [0.29, 0.717) is 22.9 Å². The summed E-state index contributed by atoms with van der Waals surface area (Å²) in [5.74, 6) is 0.368. The number of ether oxygens (including phenoxy) is 1. The SMILES string of the molecule is O=C(NCC1CCOC1)c1ccc(Br)cc1S. The maximum Gasteiger partial charge on any atom is 0.252 e. The first-order valence-corrected chi connectivity index (χ1v) is 6.75. The number of carbonyl (C=O) groups excluding carboxylic acids is 1. The largest absolute Gasteiger partial charge is 0.381 e. The van der Waals surface area contributed by atoms with E-state index in [1.807, 2.05) is 12.1 Å². The summed E-state index contributed by atoms with van der Waals surface area (Å²) in [5, 5.41) is 2.92. The van der Waals surface area contributed by atoms with E-state index in [1.165, 1.54) is 0 Å². The smallest absolute Gasteiger partial charge is 0.252 e. The zero-order valence-corrected chi connectivity index (χ0v) is 11.8. The normalized spacial score (nSPS) is 19.3. The molecule has 0 bridgehead atoms. The third-order valence-electron chi connectivity index (χ3n) is 2.78. The predicted octanol–water partition coefficient (Wildman–Crippen LogP) is 2.50. The van der Waals surface area contributed by atoms with Crippen LogP contribution in [0.1, 0.15) is 16.8 Å². The molecule has 1 unspecified atom stereocenters. The van der Waals surface area contributed by atoms with Crippen molar-refractivity contribution in [2.45, 2.75) is 11.3 Å². The zero-order valence-electron chi connectivity index (χ0n) is 9.28. The minimum Gasteiger partial charge on any atom is -0.381 e. The standard InChI is InChI=1S/C12H14BrNO2S/c13-9-1-2-10(11(17)5-9)12(15)14-6-8-3-4-16-7-8/h1-2,5,8,17H,3-4,6-7H2,(H,14,15). The number of benzene rings is 1. The Labute approximate surface area is 114 Å². The third kappa shape index (κ3) is 3.47. The Bertz CT molecular complexity index is 419. The molecule has 5 heteroatoms. The molecule has 1 fully saturated rings. The van der Waals surface area contributed by atoms with Gasteiger partial charge in [-0.3, -0.25) is 4.79 Å². The van der Waals surface area contributed by atoms with Gasteiger partial charge in [0.1, 0.15) is 0 Å². The van der Waals surface area contributed by atoms with Crippen molar-refractivity contribution in [3.8, 4) is 0 Å². The molecule has 0 saturated carbocycles. The molecule has 1 aliphatic heterocycles. The fourth-order valence-corrected chi connectivity index (χ4v) is 2.63. The Balaban J connectivity index is 1.94. The van der Waals surface area contributed by atoms with Gasteiger partial charge in [-0.1, -0.05) is 15.9 Å². The van der Waals surface area contributed by atoms with E-state index < -0.39 is 0 Å². The number of thiol groups is 1. The van der Waals surface area contributed by atoms with Crippen LogP contribution >= 0.6 is 28.6 Å². The maximum absolute atomic E-state index is 11.9. The van der Waals surface area contributed by atoms with E-state index in [4.69, 9.17) is 4.74 Å². The van der Waals surface area contributed by atoms with Crippen molar-refractivity contribution in [1.29, 1.82) is 0 Å². The number of hydrogen-bond donors (Lipinski definition) is 2. The lowest BCUT2D eigenvalue weighted by Gasteiger charge is -2.10. The summed E-state index contributed by atoms with van der Waals surface area (Å²) in [5.41, 5.74) is 0.607. The summed E-state index contributed by atoms with van der Waals surface area (Å²) in [4.78, 5) is 12.6. The van der Waals surface area contributed by atoms with Crippen LogP contribution in [0.4, 0.5) is 0 Å². The molecule has 17 heavy (non-hydrogen) atoms. The van der Waals surface area contributed by atoms with Crippen LogP contribution in [0.5, 0.6) is 0 Å². The summed E-state index contributed by atoms with van der Waals surface area (Å²) < 4.78 is 6.18. The Morgan fingerprint density at radius 1 is 1.59 bits per heavy atom. The number of nitrogens with one attached hydrogen (secondary N) is 1. The minimum atomic E-state index is -0.0746. The van der Waals surface area contributed by atoms with E-state index in [9.17, 15) is 4.79 Å². The van der Waals surface area contributed by atoms with Crippen molar-refractivity contribution in [3.05, 3.63) is 28.2 Å². The second-order valence-corrected chi connectivity index (χ2v) is 5.50. The molecule has 0 spiro atoms. The van der Waals surface area contributed by atoms with Crippen LogP contribution in [0.3, 0.4) is 0 Å². The van der Waals surface area contributed by atoms with Crippen LogP contribution in [0.2, 0.25) is 0 Å². The molecule has 1 aromatic rings. The molecule has 1 saturated heterocycles. The molecule has 1 aromatic carbocycles. The maximum atomic E-state index is 11.9. The van der Waals surface area contributed by atoms with E-state index in [0.717, 1.165) is 24.1 Å². The number of carbonyl (C=O) groups is 1. The summed E-state index contributed by atoms with van der Waals surface area (Å²) in [7, 11) is 0. The van der Waals surface area contributed by atoms with Crippen molar-refractivity contribution in [2.75, 3.05) is 19.8 Å². The van der Waals surface area contributed by atoms with Crippen LogP contribution in [0.15, 0.2) is 27.6 Å². The van der Waals surface area contributed by atoms with Crippen LogP contribution in [-0.2, 0) is 4.74 Å². The van der Waals surface area contributed by atoms with Crippen molar-refractivity contribution in [2.24, 2.45) is 5.92 Å². The van der Waals surface area contributed by atoms with Gasteiger partial charge in [0.25, 0.3) is 5.91 Å². The van der Waals surface area contributed by atoms with Crippen molar-refractivity contribution in [1.82, 2.24) is 5.32 Å². The van der Waals surface area contributed by atoms with Gasteiger partial charge in [-0.2, -0.15) is 0 Å². The van der Waals surface area contributed by atoms with Gasteiger partial charge in [-0.25, -0.2) is 0 Å². The highest BCUT2D eigenvalue weighted by Gasteiger charge is 2.17. The van der Waals surface area contributed by atoms with Gasteiger partial charge in [-0.15, -0.1) is 12.6 Å². The summed E-state index contributed by atoms with van der Waals surface area (Å²) in [6.07, 6.45) is 1.02. The van der Waals surface area contributed by atoms with Gasteiger partial charge in [0.05, 0.1) is 12.2 Å². The zero-order chi connectivity index (χ0) is 12.3. The Morgan fingerprint density at radius 3 is 3.06 bits per heavy atom. The molecule has 1 aliphatic rings. The Kier molecular flexibility index (Phi) is 4.48. The van der Waals surface area contributed by atoms with Gasteiger partial charge in [0, 0.05) is 28.4 Å². The number of rotatable bonds is 3. The van der Waals surface area contributed by atoms with E-state index >= 15 is 0 Å². The monoisotopic (exact) mass is 315 g/mol. The number of hydrogen-bond acceptors (Lipinski definition) is 3. The molecular formula is C12H14BrNO2S. The molecule has 3 nitrogen and oxygen atoms in total. The third-order valence-corrected chi connectivity index (χ3v) is 3.64. The van der Waals surface area contributed by atoms with Crippen LogP contribution in [0, 0.1) is 5.92 Å². The molecule has 1 amide bonds. The van der Waals surface area contributed by atoms with Crippen molar-refractivity contribution >= 4 is 34.5 Å².